The molecule has 0 unspecified atom stereocenters. The first-order valence-corrected chi connectivity index (χ1v) is 8.12. The molecule has 0 aliphatic rings. The number of rotatable bonds is 3. The van der Waals surface area contributed by atoms with Crippen LogP contribution in [0.1, 0.15) is 26.4 Å². The Morgan fingerprint density at radius 2 is 1.70 bits per heavy atom. The fourth-order valence-corrected chi connectivity index (χ4v) is 2.57. The molecular weight excluding hydrogens is 348 g/mol. The fourth-order valence-electron chi connectivity index (χ4n) is 2.57. The first kappa shape index (κ1) is 18.0. The Labute approximate surface area is 154 Å². The Kier molecular flexibility index (Phi) is 5.07. The second kappa shape index (κ2) is 7.61. The van der Waals surface area contributed by atoms with E-state index in [0.717, 1.165) is 16.5 Å². The molecule has 0 radical (unpaired) electrons. The number of para-hydroxylation sites is 1. The quantitative estimate of drug-likeness (QED) is 0.534. The van der Waals surface area contributed by atoms with E-state index >= 15 is 0 Å². The molecule has 0 bridgehead atoms. The van der Waals surface area contributed by atoms with Gasteiger partial charge in [-0.15, -0.1) is 0 Å². The van der Waals surface area contributed by atoms with Crippen LogP contribution in [0.4, 0.5) is 10.5 Å². The average Bonchev–Trinajstić information content (AvgIpc) is 3.09. The van der Waals surface area contributed by atoms with Crippen LogP contribution < -0.4 is 16.2 Å². The zero-order valence-corrected chi connectivity index (χ0v) is 14.8. The Hall–Kier alpha value is -3.81. The van der Waals surface area contributed by atoms with Crippen LogP contribution in [0.5, 0.6) is 0 Å². The van der Waals surface area contributed by atoms with Crippen molar-refractivity contribution in [1.29, 1.82) is 0 Å². The number of aryl methyl sites for hydroxylation is 1. The molecule has 0 fully saturated rings. The van der Waals surface area contributed by atoms with E-state index in [4.69, 9.17) is 0 Å². The van der Waals surface area contributed by atoms with Crippen LogP contribution >= 0.6 is 0 Å². The number of anilines is 1. The molecule has 0 spiro atoms. The number of hydrogen-bond donors (Lipinski definition) is 4. The number of ether oxygens (including phenoxy) is 1. The molecule has 0 atom stereocenters. The van der Waals surface area contributed by atoms with Gasteiger partial charge in [0.15, 0.2) is 0 Å². The van der Waals surface area contributed by atoms with Gasteiger partial charge >= 0.3 is 6.09 Å². The number of amides is 3. The van der Waals surface area contributed by atoms with Crippen LogP contribution in [0, 0.1) is 6.92 Å². The molecule has 4 N–H and O–H groups in total. The molecule has 0 aliphatic carbocycles. The second-order valence-corrected chi connectivity index (χ2v) is 5.84. The van der Waals surface area contributed by atoms with Crippen molar-refractivity contribution in [2.75, 3.05) is 12.4 Å². The summed E-state index contributed by atoms with van der Waals surface area (Å²) in [5.41, 5.74) is 7.35. The maximum absolute atomic E-state index is 12.4. The molecule has 27 heavy (non-hydrogen) atoms. The summed E-state index contributed by atoms with van der Waals surface area (Å²) >= 11 is 0. The van der Waals surface area contributed by atoms with Crippen LogP contribution in [0.15, 0.2) is 48.5 Å². The number of carbonyl (C=O) groups excluding carboxylic acids is 3. The molecule has 8 nitrogen and oxygen atoms in total. The summed E-state index contributed by atoms with van der Waals surface area (Å²) < 4.78 is 4.53. The van der Waals surface area contributed by atoms with Gasteiger partial charge in [-0.05, 0) is 37.3 Å². The van der Waals surface area contributed by atoms with Crippen molar-refractivity contribution in [2.24, 2.45) is 0 Å². The van der Waals surface area contributed by atoms with Crippen molar-refractivity contribution in [1.82, 2.24) is 15.8 Å². The highest BCUT2D eigenvalue weighted by Crippen LogP contribution is 2.17. The zero-order chi connectivity index (χ0) is 19.4. The van der Waals surface area contributed by atoms with Gasteiger partial charge in [0.25, 0.3) is 11.8 Å². The lowest BCUT2D eigenvalue weighted by Crippen LogP contribution is -2.42. The molecule has 0 saturated heterocycles. The minimum Gasteiger partial charge on any atom is -0.453 e. The summed E-state index contributed by atoms with van der Waals surface area (Å²) in [7, 11) is 1.22. The number of benzene rings is 2. The van der Waals surface area contributed by atoms with E-state index in [1.165, 1.54) is 13.2 Å². The normalized spacial score (nSPS) is 10.3. The van der Waals surface area contributed by atoms with Crippen LogP contribution in [-0.2, 0) is 4.74 Å². The second-order valence-electron chi connectivity index (χ2n) is 5.84. The first-order valence-electron chi connectivity index (χ1n) is 8.12. The Bertz CT molecular complexity index is 1030. The molecule has 0 aliphatic heterocycles. The van der Waals surface area contributed by atoms with Gasteiger partial charge in [-0.25, -0.2) is 4.79 Å². The lowest BCUT2D eigenvalue weighted by Gasteiger charge is -2.11. The van der Waals surface area contributed by atoms with Crippen LogP contribution in [0.25, 0.3) is 10.9 Å². The average molecular weight is 366 g/mol. The molecule has 0 saturated carbocycles. The van der Waals surface area contributed by atoms with E-state index < -0.39 is 17.9 Å². The van der Waals surface area contributed by atoms with Crippen molar-refractivity contribution in [3.05, 3.63) is 65.4 Å². The number of fused-ring (bicyclic) bond motifs is 1. The molecular formula is C19H18N4O4. The highest BCUT2D eigenvalue weighted by atomic mass is 16.5. The van der Waals surface area contributed by atoms with Crippen LogP contribution in [-0.4, -0.2) is 30.0 Å². The van der Waals surface area contributed by atoms with E-state index in [-0.39, 0.29) is 11.3 Å². The van der Waals surface area contributed by atoms with E-state index in [1.807, 2.05) is 25.1 Å². The number of aromatic nitrogens is 1. The highest BCUT2D eigenvalue weighted by Gasteiger charge is 2.15. The summed E-state index contributed by atoms with van der Waals surface area (Å²) in [6.07, 6.45) is -0.701. The van der Waals surface area contributed by atoms with Crippen molar-refractivity contribution in [2.45, 2.75) is 6.92 Å². The van der Waals surface area contributed by atoms with E-state index in [2.05, 4.69) is 25.9 Å². The largest absolute Gasteiger partial charge is 0.453 e. The number of aromatic amines is 1. The maximum Gasteiger partial charge on any atom is 0.411 e. The van der Waals surface area contributed by atoms with Crippen molar-refractivity contribution in [3.8, 4) is 0 Å². The lowest BCUT2D eigenvalue weighted by atomic mass is 10.1. The van der Waals surface area contributed by atoms with Gasteiger partial charge in [0.1, 0.15) is 5.69 Å². The number of H-pyrrole nitrogens is 1. The van der Waals surface area contributed by atoms with E-state index in [9.17, 15) is 14.4 Å². The molecule has 138 valence electrons. The Balaban J connectivity index is 1.69. The van der Waals surface area contributed by atoms with Gasteiger partial charge in [-0.3, -0.25) is 25.8 Å². The van der Waals surface area contributed by atoms with Gasteiger partial charge in [-0.1, -0.05) is 23.8 Å². The third-order valence-electron chi connectivity index (χ3n) is 3.90. The monoisotopic (exact) mass is 366 g/mol. The molecule has 8 heteroatoms. The number of hydrogen-bond acceptors (Lipinski definition) is 4. The van der Waals surface area contributed by atoms with Gasteiger partial charge in [0.2, 0.25) is 0 Å². The predicted octanol–water partition coefficient (Wildman–Crippen LogP) is 2.73. The Morgan fingerprint density at radius 3 is 2.48 bits per heavy atom. The predicted molar refractivity (Wildman–Crippen MR) is 100 cm³/mol. The number of carbonyl (C=O) groups is 3. The molecule has 1 aromatic heterocycles. The van der Waals surface area contributed by atoms with Gasteiger partial charge < -0.3 is 9.72 Å². The first-order chi connectivity index (χ1) is 13.0. The molecule has 1 heterocycles. The zero-order valence-electron chi connectivity index (χ0n) is 14.8. The minimum atomic E-state index is -0.701. The van der Waals surface area contributed by atoms with Crippen molar-refractivity contribution >= 4 is 34.5 Å². The minimum absolute atomic E-state index is 0.176. The summed E-state index contributed by atoms with van der Waals surface area (Å²) in [6.45, 7) is 1.96. The number of hydrazine groups is 1. The SMILES string of the molecule is COC(=O)Nc1ccccc1C(=O)NNC(=O)c1cc2cc(C)ccc2[nH]1. The molecule has 3 rings (SSSR count). The third-order valence-corrected chi connectivity index (χ3v) is 3.90. The third kappa shape index (κ3) is 4.06. The van der Waals surface area contributed by atoms with Crippen LogP contribution in [0.3, 0.4) is 0 Å². The van der Waals surface area contributed by atoms with Gasteiger partial charge in [-0.2, -0.15) is 0 Å². The summed E-state index contributed by atoms with van der Waals surface area (Å²) in [4.78, 5) is 39.0. The standard InChI is InChI=1S/C19H18N4O4/c1-11-7-8-14-12(9-11)10-16(20-14)18(25)23-22-17(24)13-5-3-4-6-15(13)21-19(26)27-2/h3-10,20H,1-2H3,(H,21,26)(H,22,24)(H,23,25). The van der Waals surface area contributed by atoms with E-state index in [0.29, 0.717) is 5.69 Å². The van der Waals surface area contributed by atoms with E-state index in [1.54, 1.807) is 24.3 Å². The lowest BCUT2D eigenvalue weighted by molar-refractivity contribution is 0.0845. The smallest absolute Gasteiger partial charge is 0.411 e. The van der Waals surface area contributed by atoms with Crippen molar-refractivity contribution in [3.63, 3.8) is 0 Å². The summed E-state index contributed by atoms with van der Waals surface area (Å²) in [6, 6.07) is 13.8. The van der Waals surface area contributed by atoms with Gasteiger partial charge in [0.05, 0.1) is 18.4 Å². The summed E-state index contributed by atoms with van der Waals surface area (Å²) in [5.74, 6) is -1.07. The highest BCUT2D eigenvalue weighted by molar-refractivity contribution is 6.04. The molecule has 3 aromatic rings. The topological polar surface area (TPSA) is 112 Å². The van der Waals surface area contributed by atoms with Crippen LogP contribution in [0.2, 0.25) is 0 Å². The maximum atomic E-state index is 12.4. The Morgan fingerprint density at radius 1 is 0.963 bits per heavy atom. The molecule has 2 aromatic carbocycles. The van der Waals surface area contributed by atoms with Crippen molar-refractivity contribution < 1.29 is 19.1 Å². The van der Waals surface area contributed by atoms with Gasteiger partial charge in [0, 0.05) is 10.9 Å². The molecule has 3 amide bonds. The number of nitrogens with one attached hydrogen (secondary N) is 4. The number of methoxy groups -OCH3 is 1. The fraction of sp³-hybridized carbons (Fsp3) is 0.105. The summed E-state index contributed by atoms with van der Waals surface area (Å²) in [5, 5.41) is 3.34.